The summed E-state index contributed by atoms with van der Waals surface area (Å²) in [5.41, 5.74) is -0.174. The van der Waals surface area contributed by atoms with Gasteiger partial charge in [-0.3, -0.25) is 0 Å². The maximum atomic E-state index is 11.8. The van der Waals surface area contributed by atoms with E-state index in [4.69, 9.17) is 4.74 Å². The summed E-state index contributed by atoms with van der Waals surface area (Å²) in [5, 5.41) is 0. The highest BCUT2D eigenvalue weighted by Crippen LogP contribution is 2.43. The minimum absolute atomic E-state index is 0.174. The van der Waals surface area contributed by atoms with Crippen LogP contribution in [0.5, 0.6) is 0 Å². The summed E-state index contributed by atoms with van der Waals surface area (Å²) in [5.74, 6) is 0.364. The van der Waals surface area contributed by atoms with Crippen LogP contribution in [0.3, 0.4) is 0 Å². The van der Waals surface area contributed by atoms with Crippen LogP contribution in [-0.2, 0) is 9.53 Å². The Balaban J connectivity index is 2.14. The summed E-state index contributed by atoms with van der Waals surface area (Å²) < 4.78 is 5.95. The molecule has 0 bridgehead atoms. The summed E-state index contributed by atoms with van der Waals surface area (Å²) in [4.78, 5) is 11.8. The third-order valence-electron chi connectivity index (χ3n) is 5.02. The lowest BCUT2D eigenvalue weighted by atomic mass is 9.76. The Morgan fingerprint density at radius 3 is 2.00 bits per heavy atom. The zero-order valence-electron chi connectivity index (χ0n) is 12.2. The Bertz CT molecular complexity index is 292. The van der Waals surface area contributed by atoms with Gasteiger partial charge in [0.25, 0.3) is 0 Å². The van der Waals surface area contributed by atoms with Gasteiger partial charge >= 0.3 is 5.97 Å². The van der Waals surface area contributed by atoms with Gasteiger partial charge in [-0.25, -0.2) is 4.79 Å². The van der Waals surface area contributed by atoms with E-state index in [9.17, 15) is 4.79 Å². The van der Waals surface area contributed by atoms with Gasteiger partial charge < -0.3 is 4.74 Å². The molecule has 108 valence electrons. The smallest absolute Gasteiger partial charge is 0.330 e. The van der Waals surface area contributed by atoms with E-state index in [1.807, 2.05) is 0 Å². The van der Waals surface area contributed by atoms with E-state index >= 15 is 0 Å². The van der Waals surface area contributed by atoms with Gasteiger partial charge in [-0.2, -0.15) is 0 Å². The first-order valence-electron chi connectivity index (χ1n) is 8.12. The van der Waals surface area contributed by atoms with Crippen molar-refractivity contribution in [2.24, 2.45) is 5.92 Å². The summed E-state index contributed by atoms with van der Waals surface area (Å²) in [6.45, 7) is 3.57. The van der Waals surface area contributed by atoms with E-state index in [0.29, 0.717) is 5.92 Å². The van der Waals surface area contributed by atoms with E-state index in [-0.39, 0.29) is 11.6 Å². The fourth-order valence-electron chi connectivity index (χ4n) is 3.97. The van der Waals surface area contributed by atoms with Crippen molar-refractivity contribution in [3.05, 3.63) is 12.7 Å². The third kappa shape index (κ3) is 3.84. The van der Waals surface area contributed by atoms with E-state index in [2.05, 4.69) is 6.58 Å². The highest BCUT2D eigenvalue weighted by atomic mass is 16.6. The first-order valence-corrected chi connectivity index (χ1v) is 8.12. The maximum Gasteiger partial charge on any atom is 0.330 e. The lowest BCUT2D eigenvalue weighted by Crippen LogP contribution is -2.42. The highest BCUT2D eigenvalue weighted by Gasteiger charge is 2.41. The Hall–Kier alpha value is -0.790. The second-order valence-electron chi connectivity index (χ2n) is 6.29. The molecule has 2 saturated carbocycles. The summed E-state index contributed by atoms with van der Waals surface area (Å²) in [7, 11) is 0. The van der Waals surface area contributed by atoms with Gasteiger partial charge in [0.15, 0.2) is 0 Å². The largest absolute Gasteiger partial charge is 0.456 e. The molecule has 0 amide bonds. The lowest BCUT2D eigenvalue weighted by Gasteiger charge is -2.39. The summed E-state index contributed by atoms with van der Waals surface area (Å²) in [6, 6.07) is 0. The minimum Gasteiger partial charge on any atom is -0.456 e. The summed E-state index contributed by atoms with van der Waals surface area (Å²) in [6.07, 6.45) is 16.3. The zero-order chi connectivity index (χ0) is 13.6. The fourth-order valence-corrected chi connectivity index (χ4v) is 3.97. The molecule has 0 atom stereocenters. The predicted molar refractivity (Wildman–Crippen MR) is 77.9 cm³/mol. The van der Waals surface area contributed by atoms with Crippen molar-refractivity contribution in [1.29, 1.82) is 0 Å². The molecule has 0 aliphatic heterocycles. The van der Waals surface area contributed by atoms with Gasteiger partial charge in [0.2, 0.25) is 0 Å². The monoisotopic (exact) mass is 264 g/mol. The van der Waals surface area contributed by atoms with E-state index < -0.39 is 0 Å². The molecular formula is C17H28O2. The molecule has 2 aliphatic rings. The van der Waals surface area contributed by atoms with Gasteiger partial charge in [0, 0.05) is 6.08 Å². The van der Waals surface area contributed by atoms with E-state index in [1.165, 1.54) is 70.3 Å². The molecule has 2 rings (SSSR count). The SMILES string of the molecule is C=CC(=O)OC1(C2CCCCCC2)CCCCCC1. The van der Waals surface area contributed by atoms with Gasteiger partial charge in [0.05, 0.1) is 0 Å². The quantitative estimate of drug-likeness (QED) is 0.416. The first-order chi connectivity index (χ1) is 9.27. The number of hydrogen-bond acceptors (Lipinski definition) is 2. The van der Waals surface area contributed by atoms with Crippen LogP contribution in [0, 0.1) is 5.92 Å². The number of esters is 1. The van der Waals surface area contributed by atoms with Gasteiger partial charge in [0.1, 0.15) is 5.60 Å². The molecule has 0 spiro atoms. The highest BCUT2D eigenvalue weighted by molar-refractivity contribution is 5.81. The Morgan fingerprint density at radius 2 is 1.47 bits per heavy atom. The van der Waals surface area contributed by atoms with Crippen molar-refractivity contribution in [1.82, 2.24) is 0 Å². The molecule has 0 N–H and O–H groups in total. The van der Waals surface area contributed by atoms with Crippen LogP contribution in [0.2, 0.25) is 0 Å². The number of carbonyl (C=O) groups excluding carboxylic acids is 1. The van der Waals surface area contributed by atoms with Crippen LogP contribution in [-0.4, -0.2) is 11.6 Å². The second kappa shape index (κ2) is 7.12. The number of rotatable bonds is 3. The molecule has 2 heteroatoms. The molecule has 0 aromatic carbocycles. The molecule has 0 saturated heterocycles. The molecule has 0 radical (unpaired) electrons. The van der Waals surface area contributed by atoms with Gasteiger partial charge in [-0.1, -0.05) is 45.1 Å². The third-order valence-corrected chi connectivity index (χ3v) is 5.02. The normalized spacial score (nSPS) is 25.1. The Morgan fingerprint density at radius 1 is 0.947 bits per heavy atom. The molecule has 0 heterocycles. The Labute approximate surface area is 117 Å². The van der Waals surface area contributed by atoms with Gasteiger partial charge in [-0.05, 0) is 44.4 Å². The van der Waals surface area contributed by atoms with Crippen LogP contribution in [0.1, 0.15) is 77.0 Å². The molecule has 2 fully saturated rings. The average Bonchev–Trinajstić information content (AvgIpc) is 2.81. The van der Waals surface area contributed by atoms with Crippen molar-refractivity contribution in [3.63, 3.8) is 0 Å². The number of carbonyl (C=O) groups is 1. The van der Waals surface area contributed by atoms with E-state index in [1.54, 1.807) is 0 Å². The van der Waals surface area contributed by atoms with Crippen LogP contribution >= 0.6 is 0 Å². The second-order valence-corrected chi connectivity index (χ2v) is 6.29. The number of ether oxygens (including phenoxy) is 1. The van der Waals surface area contributed by atoms with Crippen molar-refractivity contribution in [2.75, 3.05) is 0 Å². The van der Waals surface area contributed by atoms with Crippen LogP contribution in [0.15, 0.2) is 12.7 Å². The zero-order valence-corrected chi connectivity index (χ0v) is 12.2. The first kappa shape index (κ1) is 14.6. The van der Waals surface area contributed by atoms with Gasteiger partial charge in [-0.15, -0.1) is 0 Å². The van der Waals surface area contributed by atoms with Crippen LogP contribution in [0.25, 0.3) is 0 Å². The topological polar surface area (TPSA) is 26.3 Å². The molecule has 0 aromatic rings. The molecule has 2 nitrogen and oxygen atoms in total. The predicted octanol–water partition coefficient (Wildman–Crippen LogP) is 4.78. The fraction of sp³-hybridized carbons (Fsp3) is 0.824. The minimum atomic E-state index is -0.217. The molecular weight excluding hydrogens is 236 g/mol. The van der Waals surface area contributed by atoms with Crippen LogP contribution in [0.4, 0.5) is 0 Å². The molecule has 0 aromatic heterocycles. The van der Waals surface area contributed by atoms with Crippen molar-refractivity contribution >= 4 is 5.97 Å². The molecule has 2 aliphatic carbocycles. The maximum absolute atomic E-state index is 11.8. The summed E-state index contributed by atoms with van der Waals surface area (Å²) >= 11 is 0. The van der Waals surface area contributed by atoms with Crippen molar-refractivity contribution in [3.8, 4) is 0 Å². The van der Waals surface area contributed by atoms with E-state index in [0.717, 1.165) is 12.8 Å². The molecule has 19 heavy (non-hydrogen) atoms. The average molecular weight is 264 g/mol. The number of hydrogen-bond donors (Lipinski definition) is 0. The van der Waals surface area contributed by atoms with Crippen molar-refractivity contribution in [2.45, 2.75) is 82.7 Å². The Kier molecular flexibility index (Phi) is 5.47. The molecule has 0 unspecified atom stereocenters. The van der Waals surface area contributed by atoms with Crippen molar-refractivity contribution < 1.29 is 9.53 Å². The van der Waals surface area contributed by atoms with Crippen LogP contribution < -0.4 is 0 Å². The standard InChI is InChI=1S/C17H28O2/c1-2-16(18)19-17(13-9-5-6-10-14-17)15-11-7-3-4-8-12-15/h2,15H,1,3-14H2. The lowest BCUT2D eigenvalue weighted by molar-refractivity contribution is -0.163.